The topological polar surface area (TPSA) is 86.3 Å². The lowest BCUT2D eigenvalue weighted by Crippen LogP contribution is -2.30. The van der Waals surface area contributed by atoms with E-state index in [1.165, 1.54) is 0 Å². The van der Waals surface area contributed by atoms with Crippen LogP contribution in [0.3, 0.4) is 0 Å². The highest BCUT2D eigenvalue weighted by Gasteiger charge is 2.34. The second-order valence-corrected chi connectivity index (χ2v) is 7.02. The van der Waals surface area contributed by atoms with Gasteiger partial charge in [0.2, 0.25) is 5.89 Å². The van der Waals surface area contributed by atoms with E-state index in [2.05, 4.69) is 15.2 Å². The van der Waals surface area contributed by atoms with E-state index in [9.17, 15) is 4.79 Å². The van der Waals surface area contributed by atoms with Crippen molar-refractivity contribution in [2.45, 2.75) is 32.2 Å². The van der Waals surface area contributed by atoms with Crippen molar-refractivity contribution in [1.29, 1.82) is 0 Å². The standard InChI is InChI=1S/C20H23N5O3/c1-14-5-3-6-16(11-14)27-10-8-18-22-19(28-23-18)17-7-4-9-25(17)20(26)15-12-21-24(2)13-15/h3,5-6,11-13,17H,4,7-10H2,1-2H3. The zero-order valence-electron chi connectivity index (χ0n) is 16.0. The fraction of sp³-hybridized carbons (Fsp3) is 0.400. The van der Waals surface area contributed by atoms with Crippen molar-refractivity contribution in [2.75, 3.05) is 13.2 Å². The maximum absolute atomic E-state index is 12.8. The second-order valence-electron chi connectivity index (χ2n) is 7.02. The minimum atomic E-state index is -0.188. The molecule has 1 aromatic carbocycles. The van der Waals surface area contributed by atoms with Gasteiger partial charge in [0.15, 0.2) is 5.82 Å². The average Bonchev–Trinajstić information content (AvgIpc) is 3.41. The Balaban J connectivity index is 1.38. The van der Waals surface area contributed by atoms with Crippen LogP contribution in [-0.2, 0) is 13.5 Å². The molecule has 1 atom stereocenters. The number of carbonyl (C=O) groups is 1. The normalized spacial score (nSPS) is 16.5. The maximum atomic E-state index is 12.8. The minimum absolute atomic E-state index is 0.0573. The summed E-state index contributed by atoms with van der Waals surface area (Å²) in [6, 6.07) is 7.72. The molecule has 3 heterocycles. The quantitative estimate of drug-likeness (QED) is 0.653. The van der Waals surface area contributed by atoms with Crippen molar-refractivity contribution in [3.05, 3.63) is 59.5 Å². The highest BCUT2D eigenvalue weighted by molar-refractivity contribution is 5.94. The zero-order valence-corrected chi connectivity index (χ0v) is 16.0. The molecule has 0 bridgehead atoms. The number of benzene rings is 1. The Kier molecular flexibility index (Phi) is 5.10. The number of amides is 1. The molecule has 0 aliphatic carbocycles. The smallest absolute Gasteiger partial charge is 0.257 e. The van der Waals surface area contributed by atoms with Crippen molar-refractivity contribution in [1.82, 2.24) is 24.8 Å². The van der Waals surface area contributed by atoms with Crippen molar-refractivity contribution in [2.24, 2.45) is 7.05 Å². The predicted molar refractivity (Wildman–Crippen MR) is 101 cm³/mol. The van der Waals surface area contributed by atoms with E-state index in [1.807, 2.05) is 31.2 Å². The summed E-state index contributed by atoms with van der Waals surface area (Å²) in [6.07, 6.45) is 5.57. The lowest BCUT2D eigenvalue weighted by Gasteiger charge is -2.21. The van der Waals surface area contributed by atoms with Gasteiger partial charge in [-0.2, -0.15) is 10.1 Å². The van der Waals surface area contributed by atoms with Gasteiger partial charge in [0, 0.05) is 26.2 Å². The molecule has 0 radical (unpaired) electrons. The number of ether oxygens (including phenoxy) is 1. The van der Waals surface area contributed by atoms with Crippen LogP contribution in [0.25, 0.3) is 0 Å². The van der Waals surface area contributed by atoms with Crippen LogP contribution in [-0.4, -0.2) is 43.9 Å². The molecule has 8 heteroatoms. The summed E-state index contributed by atoms with van der Waals surface area (Å²) in [6.45, 7) is 3.16. The Bertz CT molecular complexity index is 964. The first-order valence-corrected chi connectivity index (χ1v) is 9.42. The third kappa shape index (κ3) is 3.90. The van der Waals surface area contributed by atoms with Crippen molar-refractivity contribution in [3.63, 3.8) is 0 Å². The summed E-state index contributed by atoms with van der Waals surface area (Å²) in [4.78, 5) is 19.1. The number of carbonyl (C=O) groups excluding carboxylic acids is 1. The van der Waals surface area contributed by atoms with Gasteiger partial charge in [-0.05, 0) is 37.5 Å². The molecular formula is C20H23N5O3. The first-order valence-electron chi connectivity index (χ1n) is 9.42. The first-order chi connectivity index (χ1) is 13.6. The van der Waals surface area contributed by atoms with Gasteiger partial charge in [-0.3, -0.25) is 9.48 Å². The molecule has 1 aliphatic rings. The van der Waals surface area contributed by atoms with E-state index < -0.39 is 0 Å². The molecule has 1 fully saturated rings. The predicted octanol–water partition coefficient (Wildman–Crippen LogP) is 2.71. The molecular weight excluding hydrogens is 358 g/mol. The summed E-state index contributed by atoms with van der Waals surface area (Å²) < 4.78 is 12.8. The number of aromatic nitrogens is 4. The fourth-order valence-corrected chi connectivity index (χ4v) is 3.43. The molecule has 0 saturated carbocycles. The highest BCUT2D eigenvalue weighted by Crippen LogP contribution is 2.32. The highest BCUT2D eigenvalue weighted by atomic mass is 16.5. The van der Waals surface area contributed by atoms with Crippen LogP contribution in [0.5, 0.6) is 5.75 Å². The lowest BCUT2D eigenvalue weighted by molar-refractivity contribution is 0.0710. The molecule has 1 saturated heterocycles. The number of hydrogen-bond acceptors (Lipinski definition) is 6. The van der Waals surface area contributed by atoms with Gasteiger partial charge < -0.3 is 14.2 Å². The lowest BCUT2D eigenvalue weighted by atomic mass is 10.2. The summed E-state index contributed by atoms with van der Waals surface area (Å²) in [5.74, 6) is 1.84. The average molecular weight is 381 g/mol. The molecule has 1 aliphatic heterocycles. The van der Waals surface area contributed by atoms with Gasteiger partial charge in [0.25, 0.3) is 5.91 Å². The Labute approximate surface area is 163 Å². The number of likely N-dealkylation sites (tertiary alicyclic amines) is 1. The fourth-order valence-electron chi connectivity index (χ4n) is 3.43. The largest absolute Gasteiger partial charge is 0.493 e. The first kappa shape index (κ1) is 18.2. The minimum Gasteiger partial charge on any atom is -0.493 e. The molecule has 1 amide bonds. The molecule has 0 spiro atoms. The van der Waals surface area contributed by atoms with Crippen LogP contribution in [0.2, 0.25) is 0 Å². The van der Waals surface area contributed by atoms with Gasteiger partial charge in [-0.25, -0.2) is 0 Å². The Morgan fingerprint density at radius 1 is 1.39 bits per heavy atom. The maximum Gasteiger partial charge on any atom is 0.257 e. The van der Waals surface area contributed by atoms with Crippen molar-refractivity contribution in [3.8, 4) is 5.75 Å². The zero-order chi connectivity index (χ0) is 19.5. The number of nitrogens with zero attached hydrogens (tertiary/aromatic N) is 5. The van der Waals surface area contributed by atoms with Crippen molar-refractivity contribution >= 4 is 5.91 Å². The molecule has 4 rings (SSSR count). The Hall–Kier alpha value is -3.16. The summed E-state index contributed by atoms with van der Waals surface area (Å²) in [7, 11) is 1.79. The third-order valence-corrected chi connectivity index (χ3v) is 4.82. The van der Waals surface area contributed by atoms with Gasteiger partial charge in [0.1, 0.15) is 11.8 Å². The molecule has 28 heavy (non-hydrogen) atoms. The summed E-state index contributed by atoms with van der Waals surface area (Å²) in [5, 5.41) is 8.14. The molecule has 3 aromatic rings. The van der Waals surface area contributed by atoms with Crippen LogP contribution in [0.4, 0.5) is 0 Å². The third-order valence-electron chi connectivity index (χ3n) is 4.82. The van der Waals surface area contributed by atoms with Crippen LogP contribution < -0.4 is 4.74 Å². The van der Waals surface area contributed by atoms with Crippen molar-refractivity contribution < 1.29 is 14.1 Å². The molecule has 1 unspecified atom stereocenters. The Morgan fingerprint density at radius 2 is 2.29 bits per heavy atom. The van der Waals surface area contributed by atoms with Gasteiger partial charge in [-0.1, -0.05) is 17.3 Å². The van der Waals surface area contributed by atoms with Crippen LogP contribution in [0.15, 0.2) is 41.2 Å². The van der Waals surface area contributed by atoms with E-state index in [0.29, 0.717) is 36.9 Å². The van der Waals surface area contributed by atoms with Crippen LogP contribution in [0, 0.1) is 6.92 Å². The van der Waals surface area contributed by atoms with E-state index >= 15 is 0 Å². The van der Waals surface area contributed by atoms with E-state index in [1.54, 1.807) is 29.0 Å². The van der Waals surface area contributed by atoms with Gasteiger partial charge in [-0.15, -0.1) is 0 Å². The van der Waals surface area contributed by atoms with E-state index in [-0.39, 0.29) is 11.9 Å². The number of hydrogen-bond donors (Lipinski definition) is 0. The van der Waals surface area contributed by atoms with Gasteiger partial charge >= 0.3 is 0 Å². The van der Waals surface area contributed by atoms with Crippen LogP contribution in [0.1, 0.15) is 46.5 Å². The molecule has 146 valence electrons. The summed E-state index contributed by atoms with van der Waals surface area (Å²) in [5.41, 5.74) is 1.72. The number of rotatable bonds is 6. The molecule has 2 aromatic heterocycles. The van der Waals surface area contributed by atoms with E-state index in [0.717, 1.165) is 24.2 Å². The molecule has 0 N–H and O–H groups in total. The number of aryl methyl sites for hydroxylation is 2. The second kappa shape index (κ2) is 7.84. The Morgan fingerprint density at radius 3 is 3.07 bits per heavy atom. The van der Waals surface area contributed by atoms with Crippen LogP contribution >= 0.6 is 0 Å². The van der Waals surface area contributed by atoms with E-state index in [4.69, 9.17) is 9.26 Å². The SMILES string of the molecule is Cc1cccc(OCCc2noc(C3CCCN3C(=O)c3cnn(C)c3)n2)c1. The van der Waals surface area contributed by atoms with Gasteiger partial charge in [0.05, 0.1) is 18.4 Å². The monoisotopic (exact) mass is 381 g/mol. The summed E-state index contributed by atoms with van der Waals surface area (Å²) >= 11 is 0. The molecule has 8 nitrogen and oxygen atoms in total.